The Kier molecular flexibility index (Phi) is 3.69. The monoisotopic (exact) mass is 423 g/mol. The second kappa shape index (κ2) is 5.22. The van der Waals surface area contributed by atoms with Gasteiger partial charge in [0.05, 0.1) is 26.2 Å². The Morgan fingerprint density at radius 3 is 2.61 bits per heavy atom. The van der Waals surface area contributed by atoms with Crippen molar-refractivity contribution in [1.82, 2.24) is 4.98 Å². The van der Waals surface area contributed by atoms with Crippen LogP contribution >= 0.6 is 27.5 Å². The van der Waals surface area contributed by atoms with E-state index < -0.39 is 31.3 Å². The highest BCUT2D eigenvalue weighted by Crippen LogP contribution is 2.47. The highest BCUT2D eigenvalue weighted by molar-refractivity contribution is 9.10. The average Bonchev–Trinajstić information content (AvgIpc) is 2.60. The molecule has 2 heterocycles. The van der Waals surface area contributed by atoms with E-state index in [0.29, 0.717) is 0 Å². The maximum Gasteiger partial charge on any atom is 0.411 e. The van der Waals surface area contributed by atoms with E-state index in [9.17, 15) is 22.0 Å². The van der Waals surface area contributed by atoms with Crippen LogP contribution in [0.25, 0.3) is 0 Å². The van der Waals surface area contributed by atoms with Crippen LogP contribution in [-0.2, 0) is 9.84 Å². The van der Waals surface area contributed by atoms with Crippen molar-refractivity contribution in [3.05, 3.63) is 45.7 Å². The van der Waals surface area contributed by atoms with Gasteiger partial charge in [-0.2, -0.15) is 8.78 Å². The molecule has 0 N–H and O–H groups in total. The van der Waals surface area contributed by atoms with Gasteiger partial charge in [0.15, 0.2) is 0 Å². The summed E-state index contributed by atoms with van der Waals surface area (Å²) in [5.74, 6) is -1.62. The molecule has 0 amide bonds. The minimum atomic E-state index is -5.05. The van der Waals surface area contributed by atoms with Gasteiger partial charge in [0, 0.05) is 12.3 Å². The summed E-state index contributed by atoms with van der Waals surface area (Å²) in [5.41, 5.74) is -0.637. The van der Waals surface area contributed by atoms with Crippen LogP contribution in [0.5, 0.6) is 11.5 Å². The number of rotatable bonds is 2. The molecule has 0 atom stereocenters. The Balaban J connectivity index is 2.13. The number of hydrogen-bond acceptors (Lipinski definition) is 5. The standard InChI is InChI=1S/C13H5BrClF2NO4S/c14-11-8(22-7-3-6(15)4-18-5-7)1-2-9-10(11)12(19)13(16,17)23(9,20)21/h1-5H. The molecule has 0 spiro atoms. The van der Waals surface area contributed by atoms with Crippen LogP contribution in [0, 0.1) is 0 Å². The molecule has 23 heavy (non-hydrogen) atoms. The molecule has 0 saturated carbocycles. The average molecular weight is 425 g/mol. The molecule has 1 aliphatic heterocycles. The van der Waals surface area contributed by atoms with Gasteiger partial charge in [-0.1, -0.05) is 11.6 Å². The number of nitrogens with zero attached hydrogens (tertiary/aromatic N) is 1. The molecule has 1 aliphatic rings. The normalized spacial score (nSPS) is 17.8. The molecule has 3 rings (SSSR count). The van der Waals surface area contributed by atoms with E-state index in [1.807, 2.05) is 0 Å². The number of carbonyl (C=O) groups is 1. The predicted octanol–water partition coefficient (Wildman–Crippen LogP) is 3.85. The molecular weight excluding hydrogens is 420 g/mol. The number of hydrogen-bond donors (Lipinski definition) is 0. The third-order valence-electron chi connectivity index (χ3n) is 3.09. The minimum absolute atomic E-state index is 0.0194. The summed E-state index contributed by atoms with van der Waals surface area (Å²) in [5, 5.41) is -4.21. The van der Waals surface area contributed by atoms with Crippen LogP contribution in [-0.4, -0.2) is 24.4 Å². The Hall–Kier alpha value is -1.58. The van der Waals surface area contributed by atoms with Crippen molar-refractivity contribution in [2.24, 2.45) is 0 Å². The number of pyridine rings is 1. The first-order chi connectivity index (χ1) is 10.7. The lowest BCUT2D eigenvalue weighted by Crippen LogP contribution is -2.30. The van der Waals surface area contributed by atoms with Crippen molar-refractivity contribution in [2.45, 2.75) is 10.2 Å². The zero-order valence-electron chi connectivity index (χ0n) is 10.9. The van der Waals surface area contributed by atoms with Gasteiger partial charge in [0.1, 0.15) is 11.5 Å². The molecule has 0 bridgehead atoms. The topological polar surface area (TPSA) is 73.3 Å². The highest BCUT2D eigenvalue weighted by atomic mass is 79.9. The second-order valence-electron chi connectivity index (χ2n) is 4.54. The number of ether oxygens (including phenoxy) is 1. The summed E-state index contributed by atoms with van der Waals surface area (Å²) < 4.78 is 56.0. The van der Waals surface area contributed by atoms with E-state index in [4.69, 9.17) is 16.3 Å². The summed E-state index contributed by atoms with van der Waals surface area (Å²) in [7, 11) is -5.05. The van der Waals surface area contributed by atoms with E-state index in [0.717, 1.165) is 12.1 Å². The third kappa shape index (κ3) is 2.34. The first-order valence-electron chi connectivity index (χ1n) is 5.94. The van der Waals surface area contributed by atoms with Gasteiger partial charge in [-0.05, 0) is 28.1 Å². The van der Waals surface area contributed by atoms with Crippen molar-refractivity contribution in [2.75, 3.05) is 0 Å². The van der Waals surface area contributed by atoms with E-state index in [-0.39, 0.29) is 21.0 Å². The number of sulfone groups is 1. The first kappa shape index (κ1) is 16.3. The molecule has 10 heteroatoms. The van der Waals surface area contributed by atoms with Gasteiger partial charge >= 0.3 is 5.25 Å². The minimum Gasteiger partial charge on any atom is -0.454 e. The molecule has 0 aliphatic carbocycles. The van der Waals surface area contributed by atoms with E-state index >= 15 is 0 Å². The molecular formula is C13H5BrClF2NO4S. The number of aromatic nitrogens is 1. The fourth-order valence-corrected chi connectivity index (χ4v) is 4.27. The fourth-order valence-electron chi connectivity index (χ4n) is 2.03. The van der Waals surface area contributed by atoms with Crippen LogP contribution in [0.15, 0.2) is 40.0 Å². The summed E-state index contributed by atoms with van der Waals surface area (Å²) >= 11 is 8.71. The molecule has 0 radical (unpaired) electrons. The van der Waals surface area contributed by atoms with Gasteiger partial charge in [-0.15, -0.1) is 0 Å². The van der Waals surface area contributed by atoms with Crippen molar-refractivity contribution in [3.63, 3.8) is 0 Å². The smallest absolute Gasteiger partial charge is 0.411 e. The number of fused-ring (bicyclic) bond motifs is 1. The Bertz CT molecular complexity index is 949. The number of alkyl halides is 2. The molecule has 1 aromatic heterocycles. The number of ketones is 1. The number of benzene rings is 1. The molecule has 0 unspecified atom stereocenters. The maximum atomic E-state index is 13.7. The third-order valence-corrected chi connectivity index (χ3v) is 5.87. The first-order valence-corrected chi connectivity index (χ1v) is 8.60. The predicted molar refractivity (Wildman–Crippen MR) is 79.9 cm³/mol. The number of halogens is 4. The fraction of sp³-hybridized carbons (Fsp3) is 0.0769. The van der Waals surface area contributed by atoms with E-state index in [1.165, 1.54) is 18.5 Å². The molecule has 2 aromatic rings. The van der Waals surface area contributed by atoms with Crippen molar-refractivity contribution < 1.29 is 26.7 Å². The van der Waals surface area contributed by atoms with Crippen LogP contribution in [0.4, 0.5) is 8.78 Å². The Morgan fingerprint density at radius 2 is 1.96 bits per heavy atom. The SMILES string of the molecule is O=C1c2c(ccc(Oc3cncc(Cl)c3)c2Br)S(=O)(=O)C1(F)F. The quantitative estimate of drug-likeness (QED) is 0.732. The van der Waals surface area contributed by atoms with E-state index in [2.05, 4.69) is 20.9 Å². The largest absolute Gasteiger partial charge is 0.454 e. The zero-order chi connectivity index (χ0) is 17.0. The maximum absolute atomic E-state index is 13.7. The van der Waals surface area contributed by atoms with Crippen molar-refractivity contribution in [1.29, 1.82) is 0 Å². The van der Waals surface area contributed by atoms with Gasteiger partial charge in [-0.25, -0.2) is 8.42 Å². The van der Waals surface area contributed by atoms with Gasteiger partial charge in [0.2, 0.25) is 0 Å². The second-order valence-corrected chi connectivity index (χ2v) is 7.73. The van der Waals surface area contributed by atoms with Crippen LogP contribution in [0.2, 0.25) is 5.02 Å². The summed E-state index contributed by atoms with van der Waals surface area (Å²) in [6.45, 7) is 0. The van der Waals surface area contributed by atoms with Gasteiger partial charge in [0.25, 0.3) is 15.6 Å². The van der Waals surface area contributed by atoms with Crippen LogP contribution < -0.4 is 4.74 Å². The highest BCUT2D eigenvalue weighted by Gasteiger charge is 2.61. The Labute approximate surface area is 142 Å². The zero-order valence-corrected chi connectivity index (χ0v) is 14.0. The van der Waals surface area contributed by atoms with Crippen LogP contribution in [0.3, 0.4) is 0 Å². The van der Waals surface area contributed by atoms with E-state index in [1.54, 1.807) is 0 Å². The Morgan fingerprint density at radius 1 is 1.26 bits per heavy atom. The number of Topliss-reactive ketones (excluding diaryl/α,β-unsaturated/α-hetero) is 1. The molecule has 5 nitrogen and oxygen atoms in total. The molecule has 120 valence electrons. The summed E-state index contributed by atoms with van der Waals surface area (Å²) in [4.78, 5) is 14.8. The van der Waals surface area contributed by atoms with Crippen molar-refractivity contribution in [3.8, 4) is 11.5 Å². The lowest BCUT2D eigenvalue weighted by atomic mass is 10.1. The summed E-state index contributed by atoms with van der Waals surface area (Å²) in [6, 6.07) is 3.49. The lowest BCUT2D eigenvalue weighted by Gasteiger charge is -2.09. The summed E-state index contributed by atoms with van der Waals surface area (Å²) in [6.07, 6.45) is 2.68. The van der Waals surface area contributed by atoms with Crippen molar-refractivity contribution >= 4 is 43.2 Å². The molecule has 1 aromatic carbocycles. The van der Waals surface area contributed by atoms with Crippen LogP contribution in [0.1, 0.15) is 10.4 Å². The molecule has 0 saturated heterocycles. The molecule has 0 fully saturated rings. The van der Waals surface area contributed by atoms with Gasteiger partial charge < -0.3 is 4.74 Å². The van der Waals surface area contributed by atoms with Gasteiger partial charge in [-0.3, -0.25) is 9.78 Å². The number of carbonyl (C=O) groups excluding carboxylic acids is 1. The lowest BCUT2D eigenvalue weighted by molar-refractivity contribution is 0.0548.